The maximum atomic E-state index is 13.6. The first-order valence-electron chi connectivity index (χ1n) is 13.2. The molecule has 2 aromatic rings. The molecule has 39 heavy (non-hydrogen) atoms. The van der Waals surface area contributed by atoms with E-state index in [9.17, 15) is 18.0 Å². The average molecular weight is 601 g/mol. The van der Waals surface area contributed by atoms with Gasteiger partial charge in [-0.3, -0.25) is 13.9 Å². The van der Waals surface area contributed by atoms with Crippen LogP contribution in [0.25, 0.3) is 0 Å². The molecule has 0 unspecified atom stereocenters. The smallest absolute Gasteiger partial charge is 0.243 e. The zero-order valence-electron chi connectivity index (χ0n) is 23.2. The number of hydrogen-bond donors (Lipinski definition) is 1. The fourth-order valence-corrected chi connectivity index (χ4v) is 5.55. The minimum absolute atomic E-state index is 0.0289. The van der Waals surface area contributed by atoms with Crippen LogP contribution in [0.15, 0.2) is 42.5 Å². The topological polar surface area (TPSA) is 96.0 Å². The average Bonchev–Trinajstić information content (AvgIpc) is 2.87. The number of carbonyl (C=O) groups excluding carboxylic acids is 2. The van der Waals surface area contributed by atoms with E-state index in [1.54, 1.807) is 42.5 Å². The van der Waals surface area contributed by atoms with Gasteiger partial charge < -0.3 is 15.0 Å². The van der Waals surface area contributed by atoms with Gasteiger partial charge in [-0.15, -0.1) is 0 Å². The van der Waals surface area contributed by atoms with Crippen LogP contribution in [0, 0.1) is 0 Å². The summed E-state index contributed by atoms with van der Waals surface area (Å²) < 4.78 is 32.2. The van der Waals surface area contributed by atoms with Crippen molar-refractivity contribution in [2.24, 2.45) is 0 Å². The zero-order valence-corrected chi connectivity index (χ0v) is 25.6. The lowest BCUT2D eigenvalue weighted by Gasteiger charge is -2.32. The predicted molar refractivity (Wildman–Crippen MR) is 158 cm³/mol. The molecule has 0 aromatic heterocycles. The van der Waals surface area contributed by atoms with E-state index in [1.165, 1.54) is 9.21 Å². The van der Waals surface area contributed by atoms with Gasteiger partial charge in [0.25, 0.3) is 0 Å². The monoisotopic (exact) mass is 599 g/mol. The Morgan fingerprint density at radius 1 is 1.05 bits per heavy atom. The van der Waals surface area contributed by atoms with Crippen molar-refractivity contribution in [1.82, 2.24) is 10.2 Å². The van der Waals surface area contributed by atoms with Crippen molar-refractivity contribution in [2.75, 3.05) is 23.7 Å². The Morgan fingerprint density at radius 3 is 2.33 bits per heavy atom. The van der Waals surface area contributed by atoms with Crippen LogP contribution < -0.4 is 14.4 Å². The van der Waals surface area contributed by atoms with E-state index in [1.807, 2.05) is 27.7 Å². The fraction of sp³-hybridized carbons (Fsp3) is 0.500. The van der Waals surface area contributed by atoms with E-state index >= 15 is 0 Å². The molecule has 2 atom stereocenters. The fourth-order valence-electron chi connectivity index (χ4n) is 4.12. The van der Waals surface area contributed by atoms with Crippen LogP contribution in [0.2, 0.25) is 10.0 Å². The molecule has 0 saturated heterocycles. The van der Waals surface area contributed by atoms with Gasteiger partial charge in [0, 0.05) is 35.6 Å². The first-order valence-corrected chi connectivity index (χ1v) is 15.8. The highest BCUT2D eigenvalue weighted by Gasteiger charge is 2.30. The molecule has 2 amide bonds. The molecule has 0 fully saturated rings. The zero-order chi connectivity index (χ0) is 29.2. The van der Waals surface area contributed by atoms with Gasteiger partial charge in [-0.1, -0.05) is 55.2 Å². The number of ether oxygens (including phenoxy) is 1. The Bertz CT molecular complexity index is 1230. The number of benzene rings is 2. The lowest BCUT2D eigenvalue weighted by atomic mass is 10.1. The molecule has 0 spiro atoms. The highest BCUT2D eigenvalue weighted by Crippen LogP contribution is 2.30. The normalized spacial score (nSPS) is 12.9. The lowest BCUT2D eigenvalue weighted by Crippen LogP contribution is -2.50. The Kier molecular flexibility index (Phi) is 12.9. The summed E-state index contributed by atoms with van der Waals surface area (Å²) in [5.74, 6) is -0.0732. The number of sulfonamides is 1. The third kappa shape index (κ3) is 9.58. The lowest BCUT2D eigenvalue weighted by molar-refractivity contribution is -0.141. The number of anilines is 1. The molecule has 0 aliphatic rings. The summed E-state index contributed by atoms with van der Waals surface area (Å²) in [6.45, 7) is 8.12. The summed E-state index contributed by atoms with van der Waals surface area (Å²) in [4.78, 5) is 28.3. The van der Waals surface area contributed by atoms with Crippen molar-refractivity contribution in [3.8, 4) is 5.75 Å². The predicted octanol–water partition coefficient (Wildman–Crippen LogP) is 5.66. The van der Waals surface area contributed by atoms with E-state index < -0.39 is 16.1 Å². The number of halogens is 2. The minimum Gasteiger partial charge on any atom is -0.492 e. The highest BCUT2D eigenvalue weighted by atomic mass is 35.5. The summed E-state index contributed by atoms with van der Waals surface area (Å²) in [6.07, 6.45) is 2.54. The van der Waals surface area contributed by atoms with Gasteiger partial charge in [0.05, 0.1) is 18.6 Å². The first-order chi connectivity index (χ1) is 18.4. The molecule has 216 valence electrons. The molecule has 0 aliphatic heterocycles. The highest BCUT2D eigenvalue weighted by molar-refractivity contribution is 7.92. The molecule has 2 aromatic carbocycles. The van der Waals surface area contributed by atoms with Gasteiger partial charge in [0.2, 0.25) is 21.8 Å². The van der Waals surface area contributed by atoms with Crippen molar-refractivity contribution >= 4 is 50.7 Å². The van der Waals surface area contributed by atoms with Gasteiger partial charge >= 0.3 is 0 Å². The number of hydrogen-bond acceptors (Lipinski definition) is 5. The second kappa shape index (κ2) is 15.3. The second-order valence-electron chi connectivity index (χ2n) is 9.34. The molecule has 0 bridgehead atoms. The molecular weight excluding hydrogens is 561 g/mol. The third-order valence-electron chi connectivity index (χ3n) is 6.33. The van der Waals surface area contributed by atoms with E-state index in [2.05, 4.69) is 5.32 Å². The summed E-state index contributed by atoms with van der Waals surface area (Å²) >= 11 is 12.5. The van der Waals surface area contributed by atoms with Crippen LogP contribution in [0.1, 0.15) is 58.9 Å². The Morgan fingerprint density at radius 2 is 1.74 bits per heavy atom. The number of nitrogens with zero attached hydrogens (tertiary/aromatic N) is 2. The van der Waals surface area contributed by atoms with Crippen LogP contribution >= 0.6 is 23.2 Å². The summed E-state index contributed by atoms with van der Waals surface area (Å²) in [7, 11) is -3.65. The van der Waals surface area contributed by atoms with Crippen LogP contribution in [0.4, 0.5) is 5.69 Å². The number of amides is 2. The quantitative estimate of drug-likeness (QED) is 0.285. The number of carbonyl (C=O) groups is 2. The van der Waals surface area contributed by atoms with Crippen molar-refractivity contribution in [2.45, 2.75) is 72.0 Å². The summed E-state index contributed by atoms with van der Waals surface area (Å²) in [6, 6.07) is 11.1. The van der Waals surface area contributed by atoms with Crippen molar-refractivity contribution in [3.63, 3.8) is 0 Å². The van der Waals surface area contributed by atoms with E-state index in [0.717, 1.165) is 12.7 Å². The van der Waals surface area contributed by atoms with Crippen molar-refractivity contribution in [3.05, 3.63) is 58.1 Å². The second-order valence-corrected chi connectivity index (χ2v) is 12.1. The van der Waals surface area contributed by atoms with Gasteiger partial charge in [0.1, 0.15) is 11.8 Å². The Labute approximate surface area is 242 Å². The molecule has 0 radical (unpaired) electrons. The number of para-hydroxylation sites is 2. The number of rotatable bonds is 15. The molecule has 0 aliphatic carbocycles. The maximum Gasteiger partial charge on any atom is 0.243 e. The largest absolute Gasteiger partial charge is 0.492 e. The molecule has 2 rings (SSSR count). The van der Waals surface area contributed by atoms with Crippen LogP contribution in [-0.4, -0.2) is 56.6 Å². The molecule has 8 nitrogen and oxygen atoms in total. The van der Waals surface area contributed by atoms with Crippen LogP contribution in [0.3, 0.4) is 0 Å². The summed E-state index contributed by atoms with van der Waals surface area (Å²) in [5, 5.41) is 3.84. The molecule has 0 saturated carbocycles. The molecule has 11 heteroatoms. The standard InChI is InChI=1S/C28H39Cl2N3O5S/c1-6-20(4)31-28(35)24(7-2)32(19-21-15-16-22(29)18-23(21)30)27(34)14-11-17-33(39(5,36)37)25-12-9-10-13-26(25)38-8-3/h9-10,12-13,15-16,18,20,24H,6-8,11,14,17,19H2,1-5H3,(H,31,35)/t20-,24+/m0/s1. The van der Waals surface area contributed by atoms with Gasteiger partial charge in [-0.05, 0) is 62.9 Å². The third-order valence-corrected chi connectivity index (χ3v) is 8.10. The van der Waals surface area contributed by atoms with Crippen molar-refractivity contribution < 1.29 is 22.7 Å². The SMILES string of the molecule is CCOc1ccccc1N(CCCC(=O)N(Cc1ccc(Cl)cc1Cl)[C@H](CC)C(=O)N[C@@H](C)CC)S(C)(=O)=O. The molecule has 0 heterocycles. The van der Waals surface area contributed by atoms with Gasteiger partial charge in [-0.25, -0.2) is 8.42 Å². The molecule has 1 N–H and O–H groups in total. The van der Waals surface area contributed by atoms with E-state index in [-0.39, 0.29) is 43.8 Å². The van der Waals surface area contributed by atoms with Gasteiger partial charge in [0.15, 0.2) is 0 Å². The van der Waals surface area contributed by atoms with Gasteiger partial charge in [-0.2, -0.15) is 0 Å². The van der Waals surface area contributed by atoms with Crippen molar-refractivity contribution in [1.29, 1.82) is 0 Å². The summed E-state index contributed by atoms with van der Waals surface area (Å²) in [5.41, 5.74) is 1.08. The van der Waals surface area contributed by atoms with Crippen LogP contribution in [-0.2, 0) is 26.2 Å². The number of nitrogens with one attached hydrogen (secondary N) is 1. The Balaban J connectivity index is 2.30. The minimum atomic E-state index is -3.65. The van der Waals surface area contributed by atoms with Crippen LogP contribution in [0.5, 0.6) is 5.75 Å². The van der Waals surface area contributed by atoms with E-state index in [0.29, 0.717) is 40.1 Å². The Hall–Kier alpha value is -2.49. The first kappa shape index (κ1) is 32.7. The molecular formula is C28H39Cl2N3O5S. The van der Waals surface area contributed by atoms with E-state index in [4.69, 9.17) is 27.9 Å². The maximum absolute atomic E-state index is 13.6.